The number of anilines is 1. The Labute approximate surface area is 237 Å². The number of primary amides is 1. The van der Waals surface area contributed by atoms with Gasteiger partial charge in [-0.3, -0.25) is 9.59 Å². The molecular formula is C30H30FN3O6S. The number of ether oxygens (including phenoxy) is 1. The molecule has 3 aromatic carbocycles. The number of carbonyl (C=O) groups is 3. The van der Waals surface area contributed by atoms with E-state index in [1.807, 2.05) is 0 Å². The molecule has 41 heavy (non-hydrogen) atoms. The molecule has 2 aliphatic rings. The van der Waals surface area contributed by atoms with E-state index in [0.717, 1.165) is 6.29 Å². The van der Waals surface area contributed by atoms with E-state index in [1.165, 1.54) is 48.4 Å². The van der Waals surface area contributed by atoms with Gasteiger partial charge in [0.1, 0.15) is 12.3 Å². The number of hydrogen-bond donors (Lipinski definition) is 2. The molecule has 214 valence electrons. The van der Waals surface area contributed by atoms with E-state index in [-0.39, 0.29) is 22.8 Å². The van der Waals surface area contributed by atoms with Crippen LogP contribution in [0.1, 0.15) is 52.8 Å². The van der Waals surface area contributed by atoms with Crippen LogP contribution in [0.25, 0.3) is 0 Å². The fraction of sp³-hybridized carbons (Fsp3) is 0.300. The van der Waals surface area contributed by atoms with Crippen LogP contribution in [0.5, 0.6) is 5.75 Å². The highest BCUT2D eigenvalue weighted by molar-refractivity contribution is 7.92. The lowest BCUT2D eigenvalue weighted by molar-refractivity contribution is -0.133. The number of aldehydes is 1. The van der Waals surface area contributed by atoms with Gasteiger partial charge in [0.15, 0.2) is 21.4 Å². The summed E-state index contributed by atoms with van der Waals surface area (Å²) in [7, 11) is -2.32. The molecular weight excluding hydrogens is 549 g/mol. The molecule has 1 saturated heterocycles. The molecule has 9 nitrogen and oxygen atoms in total. The zero-order chi connectivity index (χ0) is 29.3. The van der Waals surface area contributed by atoms with Crippen LogP contribution in [-0.2, 0) is 19.4 Å². The van der Waals surface area contributed by atoms with Crippen molar-refractivity contribution in [2.75, 3.05) is 19.0 Å². The molecule has 1 aliphatic carbocycles. The number of benzene rings is 3. The summed E-state index contributed by atoms with van der Waals surface area (Å²) in [5.74, 6) is -2.43. The van der Waals surface area contributed by atoms with Crippen LogP contribution in [0.2, 0.25) is 0 Å². The van der Waals surface area contributed by atoms with Gasteiger partial charge in [-0.15, -0.1) is 0 Å². The number of amides is 2. The Morgan fingerprint density at radius 1 is 1.07 bits per heavy atom. The minimum absolute atomic E-state index is 0.0717. The third kappa shape index (κ3) is 5.54. The Morgan fingerprint density at radius 2 is 1.83 bits per heavy atom. The fourth-order valence-corrected chi connectivity index (χ4v) is 7.29. The van der Waals surface area contributed by atoms with E-state index in [4.69, 9.17) is 10.5 Å². The molecule has 0 bridgehead atoms. The first-order valence-corrected chi connectivity index (χ1v) is 14.8. The monoisotopic (exact) mass is 579 g/mol. The molecule has 3 atom stereocenters. The molecule has 2 amide bonds. The number of likely N-dealkylation sites (tertiary alicyclic amines) is 1. The highest BCUT2D eigenvalue weighted by Crippen LogP contribution is 2.43. The number of nitrogens with zero attached hydrogens (tertiary/aromatic N) is 1. The zero-order valence-electron chi connectivity index (χ0n) is 22.3. The molecule has 3 N–H and O–H groups in total. The van der Waals surface area contributed by atoms with Crippen molar-refractivity contribution in [3.8, 4) is 5.75 Å². The van der Waals surface area contributed by atoms with Gasteiger partial charge in [-0.2, -0.15) is 0 Å². The van der Waals surface area contributed by atoms with Gasteiger partial charge in [0.25, 0.3) is 0 Å². The maximum atomic E-state index is 14.4. The van der Waals surface area contributed by atoms with E-state index in [2.05, 4.69) is 5.32 Å². The summed E-state index contributed by atoms with van der Waals surface area (Å²) in [4.78, 5) is 40.0. The van der Waals surface area contributed by atoms with Crippen molar-refractivity contribution >= 4 is 33.6 Å². The molecule has 3 aromatic rings. The molecule has 5 rings (SSSR count). The van der Waals surface area contributed by atoms with Gasteiger partial charge in [-0.1, -0.05) is 30.3 Å². The second-order valence-electron chi connectivity index (χ2n) is 10.3. The Kier molecular flexibility index (Phi) is 7.81. The quantitative estimate of drug-likeness (QED) is 0.349. The Morgan fingerprint density at radius 3 is 2.51 bits per heavy atom. The van der Waals surface area contributed by atoms with Gasteiger partial charge >= 0.3 is 0 Å². The molecule has 0 spiro atoms. The van der Waals surface area contributed by atoms with Crippen molar-refractivity contribution in [1.29, 1.82) is 0 Å². The summed E-state index contributed by atoms with van der Waals surface area (Å²) in [6, 6.07) is 14.9. The Bertz CT molecular complexity index is 1610. The standard InChI is InChI=1S/C30H30FN3O6S/c1-40-25-16-18(9-12-24(25)31)27(33-21-6-4-5-19(15-21)29(32)36)30(37)34-14-13-20(17-35)28(34)23-7-2-3-8-26(23)41(38,39)22-10-11-22/h2-9,12,15-17,20,22,27-28,33H,10-11,13-14H2,1H3,(H2,32,36)/t20-,27+,28-/m1/s1. The lowest BCUT2D eigenvalue weighted by Crippen LogP contribution is -2.39. The van der Waals surface area contributed by atoms with Crippen molar-refractivity contribution in [3.05, 3.63) is 89.2 Å². The summed E-state index contributed by atoms with van der Waals surface area (Å²) < 4.78 is 46.1. The topological polar surface area (TPSA) is 136 Å². The second-order valence-corrected chi connectivity index (χ2v) is 12.5. The van der Waals surface area contributed by atoms with Gasteiger partial charge in [0.05, 0.1) is 23.3 Å². The average Bonchev–Trinajstić information content (AvgIpc) is 3.76. The van der Waals surface area contributed by atoms with Gasteiger partial charge in [0, 0.05) is 23.7 Å². The first-order chi connectivity index (χ1) is 19.6. The normalized spacial score (nSPS) is 19.4. The Balaban J connectivity index is 1.59. The average molecular weight is 580 g/mol. The van der Waals surface area contributed by atoms with Gasteiger partial charge in [-0.25, -0.2) is 12.8 Å². The lowest BCUT2D eigenvalue weighted by atomic mass is 9.94. The predicted octanol–water partition coefficient (Wildman–Crippen LogP) is 3.81. The number of nitrogens with one attached hydrogen (secondary N) is 1. The first-order valence-electron chi connectivity index (χ1n) is 13.2. The summed E-state index contributed by atoms with van der Waals surface area (Å²) in [6.45, 7) is 0.197. The van der Waals surface area contributed by atoms with Crippen LogP contribution in [0.15, 0.2) is 71.6 Å². The molecule has 0 unspecified atom stereocenters. The van der Waals surface area contributed by atoms with Gasteiger partial charge in [0.2, 0.25) is 11.8 Å². The van der Waals surface area contributed by atoms with E-state index >= 15 is 0 Å². The van der Waals surface area contributed by atoms with Crippen LogP contribution in [-0.4, -0.2) is 50.3 Å². The first kappa shape index (κ1) is 28.3. The number of methoxy groups -OCH3 is 1. The van der Waals surface area contributed by atoms with Crippen LogP contribution >= 0.6 is 0 Å². The molecule has 0 aromatic heterocycles. The van der Waals surface area contributed by atoms with Crippen LogP contribution in [0, 0.1) is 11.7 Å². The third-order valence-electron chi connectivity index (χ3n) is 7.62. The fourth-order valence-electron chi connectivity index (χ4n) is 5.38. The smallest absolute Gasteiger partial charge is 0.250 e. The number of hydrogen-bond acceptors (Lipinski definition) is 7. The van der Waals surface area contributed by atoms with Gasteiger partial charge in [-0.05, 0) is 66.8 Å². The van der Waals surface area contributed by atoms with E-state index < -0.39 is 50.7 Å². The summed E-state index contributed by atoms with van der Waals surface area (Å²) in [5.41, 5.74) is 6.83. The number of sulfone groups is 1. The summed E-state index contributed by atoms with van der Waals surface area (Å²) in [6.07, 6.45) is 2.25. The molecule has 1 aliphatic heterocycles. The maximum absolute atomic E-state index is 14.4. The van der Waals surface area contributed by atoms with Crippen molar-refractivity contribution in [2.24, 2.45) is 11.7 Å². The summed E-state index contributed by atoms with van der Waals surface area (Å²) in [5, 5.41) is 2.66. The minimum Gasteiger partial charge on any atom is -0.494 e. The molecule has 0 radical (unpaired) electrons. The second kappa shape index (κ2) is 11.3. The largest absolute Gasteiger partial charge is 0.494 e. The number of carbonyl (C=O) groups excluding carboxylic acids is 3. The number of halogens is 1. The highest BCUT2D eigenvalue weighted by atomic mass is 32.2. The highest BCUT2D eigenvalue weighted by Gasteiger charge is 2.45. The van der Waals surface area contributed by atoms with Crippen LogP contribution in [0.4, 0.5) is 10.1 Å². The number of nitrogens with two attached hydrogens (primary N) is 1. The molecule has 2 fully saturated rings. The summed E-state index contributed by atoms with van der Waals surface area (Å²) >= 11 is 0. The maximum Gasteiger partial charge on any atom is 0.250 e. The SMILES string of the molecule is COc1cc([C@H](Nc2cccc(C(N)=O)c2)C(=O)N2CC[C@H](C=O)[C@@H]2c2ccccc2S(=O)(=O)C2CC2)ccc1F. The van der Waals surface area contributed by atoms with Crippen molar-refractivity contribution in [1.82, 2.24) is 4.90 Å². The predicted molar refractivity (Wildman–Crippen MR) is 150 cm³/mol. The molecule has 1 saturated carbocycles. The van der Waals surface area contributed by atoms with Gasteiger partial charge < -0.3 is 25.5 Å². The third-order valence-corrected chi connectivity index (χ3v) is 9.96. The van der Waals surface area contributed by atoms with Crippen molar-refractivity contribution in [2.45, 2.75) is 41.5 Å². The molecule has 1 heterocycles. The van der Waals surface area contributed by atoms with Crippen LogP contribution < -0.4 is 15.8 Å². The lowest BCUT2D eigenvalue weighted by Gasteiger charge is -2.32. The van der Waals surface area contributed by atoms with Crippen molar-refractivity contribution in [3.63, 3.8) is 0 Å². The van der Waals surface area contributed by atoms with E-state index in [9.17, 15) is 27.2 Å². The molecule has 11 heteroatoms. The van der Waals surface area contributed by atoms with E-state index in [1.54, 1.807) is 30.3 Å². The van der Waals surface area contributed by atoms with Crippen molar-refractivity contribution < 1.29 is 31.9 Å². The number of rotatable bonds is 10. The van der Waals surface area contributed by atoms with Crippen LogP contribution in [0.3, 0.4) is 0 Å². The Hall–Kier alpha value is -4.25. The van der Waals surface area contributed by atoms with E-state index in [0.29, 0.717) is 36.1 Å². The minimum atomic E-state index is -3.63. The zero-order valence-corrected chi connectivity index (χ0v) is 23.1.